The Morgan fingerprint density at radius 1 is 1.41 bits per heavy atom. The lowest BCUT2D eigenvalue weighted by Gasteiger charge is -2.46. The standard InChI is InChI=1S/C19H36N2O/c1-9-15-10-11-16(13-21(8)14(2)3)19(7,12-15)17(22)20-18(4,5)6/h9,14-16H,1,10-13H2,2-8H3,(H,20,22)/t15-,16?,19+/m1/s1. The van der Waals surface area contributed by atoms with Crippen molar-refractivity contribution < 1.29 is 4.79 Å². The van der Waals surface area contributed by atoms with E-state index in [1.54, 1.807) is 0 Å². The highest BCUT2D eigenvalue weighted by Gasteiger charge is 2.46. The molecular weight excluding hydrogens is 272 g/mol. The third-order valence-corrected chi connectivity index (χ3v) is 5.20. The van der Waals surface area contributed by atoms with Crippen LogP contribution in [0, 0.1) is 17.3 Å². The first-order valence-corrected chi connectivity index (χ1v) is 8.65. The molecule has 0 saturated heterocycles. The monoisotopic (exact) mass is 308 g/mol. The lowest BCUT2D eigenvalue weighted by atomic mass is 9.63. The summed E-state index contributed by atoms with van der Waals surface area (Å²) < 4.78 is 0. The molecule has 0 aromatic carbocycles. The highest BCUT2D eigenvalue weighted by atomic mass is 16.2. The molecule has 3 heteroatoms. The molecule has 1 fully saturated rings. The summed E-state index contributed by atoms with van der Waals surface area (Å²) in [5.74, 6) is 1.06. The first-order valence-electron chi connectivity index (χ1n) is 8.65. The number of carbonyl (C=O) groups excluding carboxylic acids is 1. The molecule has 0 bridgehead atoms. The lowest BCUT2D eigenvalue weighted by Crippen LogP contribution is -2.54. The van der Waals surface area contributed by atoms with Gasteiger partial charge in [0.15, 0.2) is 0 Å². The van der Waals surface area contributed by atoms with Gasteiger partial charge in [-0.05, 0) is 72.8 Å². The van der Waals surface area contributed by atoms with Gasteiger partial charge < -0.3 is 10.2 Å². The van der Waals surface area contributed by atoms with Crippen molar-refractivity contribution in [2.24, 2.45) is 17.3 Å². The summed E-state index contributed by atoms with van der Waals surface area (Å²) in [7, 11) is 2.16. The molecule has 0 aliphatic heterocycles. The van der Waals surface area contributed by atoms with Gasteiger partial charge in [0.25, 0.3) is 0 Å². The van der Waals surface area contributed by atoms with Gasteiger partial charge in [0.2, 0.25) is 5.91 Å². The zero-order valence-electron chi connectivity index (χ0n) is 15.7. The highest BCUT2D eigenvalue weighted by molar-refractivity contribution is 5.83. The van der Waals surface area contributed by atoms with E-state index in [-0.39, 0.29) is 16.9 Å². The van der Waals surface area contributed by atoms with Crippen molar-refractivity contribution in [2.75, 3.05) is 13.6 Å². The normalized spacial score (nSPS) is 29.7. The number of hydrogen-bond acceptors (Lipinski definition) is 2. The Balaban J connectivity index is 2.97. The molecule has 1 unspecified atom stereocenters. The molecule has 0 aromatic rings. The molecule has 0 heterocycles. The minimum Gasteiger partial charge on any atom is -0.351 e. The topological polar surface area (TPSA) is 32.3 Å². The zero-order chi connectivity index (χ0) is 17.1. The van der Waals surface area contributed by atoms with Crippen LogP contribution in [-0.4, -0.2) is 36.0 Å². The van der Waals surface area contributed by atoms with Crippen LogP contribution in [0.1, 0.15) is 60.8 Å². The number of nitrogens with one attached hydrogen (secondary N) is 1. The molecule has 1 aliphatic carbocycles. The number of carbonyl (C=O) groups is 1. The average Bonchev–Trinajstić information content (AvgIpc) is 2.38. The largest absolute Gasteiger partial charge is 0.351 e. The number of allylic oxidation sites excluding steroid dienone is 1. The maximum absolute atomic E-state index is 13.0. The molecule has 1 saturated carbocycles. The van der Waals surface area contributed by atoms with Gasteiger partial charge in [-0.25, -0.2) is 0 Å². The second-order valence-electron chi connectivity index (χ2n) is 8.63. The fraction of sp³-hybridized carbons (Fsp3) is 0.842. The lowest BCUT2D eigenvalue weighted by molar-refractivity contribution is -0.138. The smallest absolute Gasteiger partial charge is 0.226 e. The van der Waals surface area contributed by atoms with Gasteiger partial charge in [-0.2, -0.15) is 0 Å². The molecule has 22 heavy (non-hydrogen) atoms. The van der Waals surface area contributed by atoms with Gasteiger partial charge in [-0.15, -0.1) is 6.58 Å². The van der Waals surface area contributed by atoms with Gasteiger partial charge in [0.05, 0.1) is 5.41 Å². The van der Waals surface area contributed by atoms with Crippen molar-refractivity contribution in [3.05, 3.63) is 12.7 Å². The molecule has 3 atom stereocenters. The Morgan fingerprint density at radius 3 is 2.45 bits per heavy atom. The molecule has 1 amide bonds. The van der Waals surface area contributed by atoms with E-state index in [1.165, 1.54) is 0 Å². The SMILES string of the molecule is C=C[C@@H]1CCC(CN(C)C(C)C)[C@@](C)(C(=O)NC(C)(C)C)C1. The maximum atomic E-state index is 13.0. The minimum absolute atomic E-state index is 0.185. The summed E-state index contributed by atoms with van der Waals surface area (Å²) in [6.07, 6.45) is 5.19. The van der Waals surface area contributed by atoms with Crippen LogP contribution in [0.5, 0.6) is 0 Å². The first-order chi connectivity index (χ1) is 9.99. The van der Waals surface area contributed by atoms with Crippen LogP contribution < -0.4 is 5.32 Å². The number of nitrogens with zero attached hydrogens (tertiary/aromatic N) is 1. The van der Waals surface area contributed by atoms with E-state index >= 15 is 0 Å². The fourth-order valence-corrected chi connectivity index (χ4v) is 3.36. The Labute approximate surface area is 137 Å². The predicted octanol–water partition coefficient (Wildman–Crippen LogP) is 3.85. The van der Waals surface area contributed by atoms with Crippen LogP contribution in [0.15, 0.2) is 12.7 Å². The molecule has 0 radical (unpaired) electrons. The first kappa shape index (κ1) is 19.2. The summed E-state index contributed by atoms with van der Waals surface area (Å²) in [5.41, 5.74) is -0.497. The van der Waals surface area contributed by atoms with E-state index < -0.39 is 0 Å². The minimum atomic E-state index is -0.312. The summed E-state index contributed by atoms with van der Waals surface area (Å²) in [6, 6.07) is 0.507. The van der Waals surface area contributed by atoms with E-state index in [0.29, 0.717) is 17.9 Å². The van der Waals surface area contributed by atoms with Crippen molar-refractivity contribution in [3.63, 3.8) is 0 Å². The summed E-state index contributed by atoms with van der Waals surface area (Å²) in [5, 5.41) is 3.21. The Hall–Kier alpha value is -0.830. The Kier molecular flexibility index (Phi) is 6.26. The summed E-state index contributed by atoms with van der Waals surface area (Å²) in [4.78, 5) is 15.4. The third kappa shape index (κ3) is 4.84. The maximum Gasteiger partial charge on any atom is 0.226 e. The number of hydrogen-bond donors (Lipinski definition) is 1. The molecular formula is C19H36N2O. The van der Waals surface area contributed by atoms with Crippen LogP contribution >= 0.6 is 0 Å². The van der Waals surface area contributed by atoms with Gasteiger partial charge in [0, 0.05) is 18.1 Å². The second kappa shape index (κ2) is 7.16. The summed E-state index contributed by atoms with van der Waals surface area (Å²) in [6.45, 7) is 17.7. The van der Waals surface area contributed by atoms with E-state index in [0.717, 1.165) is 25.8 Å². The molecule has 128 valence electrons. The van der Waals surface area contributed by atoms with Gasteiger partial charge in [0.1, 0.15) is 0 Å². The zero-order valence-corrected chi connectivity index (χ0v) is 15.7. The average molecular weight is 309 g/mol. The van der Waals surface area contributed by atoms with Gasteiger partial charge in [-0.1, -0.05) is 13.0 Å². The van der Waals surface area contributed by atoms with Crippen LogP contribution in [0.2, 0.25) is 0 Å². The second-order valence-corrected chi connectivity index (χ2v) is 8.63. The quantitative estimate of drug-likeness (QED) is 0.782. The van der Waals surface area contributed by atoms with E-state index in [1.807, 2.05) is 6.08 Å². The Bertz CT molecular complexity index is 397. The van der Waals surface area contributed by atoms with Crippen LogP contribution in [-0.2, 0) is 4.79 Å². The third-order valence-electron chi connectivity index (χ3n) is 5.20. The van der Waals surface area contributed by atoms with Crippen molar-refractivity contribution in [2.45, 2.75) is 72.4 Å². The Morgan fingerprint density at radius 2 is 2.00 bits per heavy atom. The van der Waals surface area contributed by atoms with Crippen molar-refractivity contribution in [1.29, 1.82) is 0 Å². The number of rotatable bonds is 5. The molecule has 0 spiro atoms. The predicted molar refractivity (Wildman–Crippen MR) is 94.8 cm³/mol. The van der Waals surface area contributed by atoms with E-state index in [4.69, 9.17) is 0 Å². The van der Waals surface area contributed by atoms with Crippen molar-refractivity contribution in [1.82, 2.24) is 10.2 Å². The van der Waals surface area contributed by atoms with Gasteiger partial charge >= 0.3 is 0 Å². The molecule has 1 N–H and O–H groups in total. The van der Waals surface area contributed by atoms with Gasteiger partial charge in [-0.3, -0.25) is 4.79 Å². The number of amides is 1. The molecule has 1 rings (SSSR count). The highest BCUT2D eigenvalue weighted by Crippen LogP contribution is 2.45. The molecule has 1 aliphatic rings. The van der Waals surface area contributed by atoms with Crippen molar-refractivity contribution in [3.8, 4) is 0 Å². The van der Waals surface area contributed by atoms with E-state index in [9.17, 15) is 4.79 Å². The van der Waals surface area contributed by atoms with Crippen LogP contribution in [0.4, 0.5) is 0 Å². The summed E-state index contributed by atoms with van der Waals surface area (Å²) >= 11 is 0. The fourth-order valence-electron chi connectivity index (χ4n) is 3.36. The molecule has 0 aromatic heterocycles. The van der Waals surface area contributed by atoms with Crippen molar-refractivity contribution >= 4 is 5.91 Å². The van der Waals surface area contributed by atoms with Crippen LogP contribution in [0.25, 0.3) is 0 Å². The molecule has 3 nitrogen and oxygen atoms in total. The van der Waals surface area contributed by atoms with Crippen LogP contribution in [0.3, 0.4) is 0 Å². The van der Waals surface area contributed by atoms with E-state index in [2.05, 4.69) is 65.4 Å².